The first kappa shape index (κ1) is 2.85. The Morgan fingerprint density at radius 1 is 1.80 bits per heavy atom. The van der Waals surface area contributed by atoms with Crippen LogP contribution in [-0.2, 0) is 0 Å². The summed E-state index contributed by atoms with van der Waals surface area (Å²) in [5.41, 5.74) is 2.65. The molecule has 0 atom stereocenters. The lowest BCUT2D eigenvalue weighted by atomic mass is 11.0. The van der Waals surface area contributed by atoms with Crippen LogP contribution in [0.25, 0.3) is 0 Å². The number of rotatable bonds is 0. The minimum absolute atomic E-state index is 1.48. The van der Waals surface area contributed by atoms with Crippen molar-refractivity contribution in [2.75, 3.05) is 0 Å². The zero-order valence-electron chi connectivity index (χ0n) is 2.51. The van der Waals surface area contributed by atoms with E-state index in [0.717, 1.165) is 0 Å². The molecule has 0 radical (unpaired) electrons. The molecule has 1 nitrogen and oxygen atoms in total. The monoisotopic (exact) mass is 84.0 g/mol. The third-order valence-electron chi connectivity index (χ3n) is 0.309. The van der Waals surface area contributed by atoms with Gasteiger partial charge in [-0.1, -0.05) is 0 Å². The maximum absolute atomic E-state index is 3.62. The molecule has 1 aromatic rings. The van der Waals surface area contributed by atoms with Gasteiger partial charge in [0.25, 0.3) is 0 Å². The molecule has 0 saturated heterocycles. The Morgan fingerprint density at radius 3 is 3.00 bits per heavy atom. The fourth-order valence-corrected chi connectivity index (χ4v) is 0.456. The van der Waals surface area contributed by atoms with Crippen molar-refractivity contribution in [2.45, 2.75) is 0 Å². The van der Waals surface area contributed by atoms with Crippen molar-refractivity contribution in [2.24, 2.45) is 0 Å². The molecular weight excluding hydrogens is 82.1 g/mol. The first-order valence-electron chi connectivity index (χ1n) is 1.25. The number of thiazole rings is 1. The Balaban J connectivity index is 3.13. The molecule has 2 heteroatoms. The topological polar surface area (TPSA) is 12.9 Å². The van der Waals surface area contributed by atoms with E-state index in [2.05, 4.69) is 10.5 Å². The second-order valence-electron chi connectivity index (χ2n) is 0.623. The second-order valence-corrected chi connectivity index (χ2v) is 1.31. The van der Waals surface area contributed by atoms with E-state index in [4.69, 9.17) is 0 Å². The number of hydrogen-bond acceptors (Lipinski definition) is 2. The predicted octanol–water partition coefficient (Wildman–Crippen LogP) is 0.943. The molecule has 1 rings (SSSR count). The highest BCUT2D eigenvalue weighted by molar-refractivity contribution is 7.06. The Bertz CT molecular complexity index is 63.4. The molecular formula is C3H2NS-. The van der Waals surface area contributed by atoms with Crippen LogP contribution in [0, 0.1) is 5.51 Å². The van der Waals surface area contributed by atoms with E-state index in [0.29, 0.717) is 0 Å². The maximum atomic E-state index is 3.62. The van der Waals surface area contributed by atoms with Crippen molar-refractivity contribution >= 4 is 11.3 Å². The van der Waals surface area contributed by atoms with Gasteiger partial charge < -0.3 is 4.98 Å². The number of hydrogen-bond donors (Lipinski definition) is 0. The van der Waals surface area contributed by atoms with E-state index in [1.807, 2.05) is 5.38 Å². The molecule has 0 amide bonds. The third kappa shape index (κ3) is 0.450. The first-order valence-corrected chi connectivity index (χ1v) is 2.13. The molecule has 0 aliphatic carbocycles. The van der Waals surface area contributed by atoms with Crippen LogP contribution in [0.4, 0.5) is 0 Å². The first-order chi connectivity index (χ1) is 2.50. The summed E-state index contributed by atoms with van der Waals surface area (Å²) in [6.45, 7) is 0. The molecule has 0 aliphatic heterocycles. The third-order valence-corrected chi connectivity index (χ3v) is 0.777. The van der Waals surface area contributed by atoms with Crippen LogP contribution in [0.15, 0.2) is 11.6 Å². The fourth-order valence-electron chi connectivity index (χ4n) is 0.152. The largest absolute Gasteiger partial charge is 0.394 e. The van der Waals surface area contributed by atoms with E-state index in [1.54, 1.807) is 6.20 Å². The van der Waals surface area contributed by atoms with Gasteiger partial charge in [0.05, 0.1) is 0 Å². The normalized spacial score (nSPS) is 8.00. The summed E-state index contributed by atoms with van der Waals surface area (Å²) in [6.07, 6.45) is 1.71. The summed E-state index contributed by atoms with van der Waals surface area (Å²) in [5.74, 6) is 0. The zero-order chi connectivity index (χ0) is 3.54. The molecule has 1 heterocycles. The molecule has 0 spiro atoms. The molecule has 26 valence electrons. The van der Waals surface area contributed by atoms with Gasteiger partial charge in [0.2, 0.25) is 0 Å². The van der Waals surface area contributed by atoms with Crippen LogP contribution < -0.4 is 0 Å². The predicted molar refractivity (Wildman–Crippen MR) is 20.9 cm³/mol. The van der Waals surface area contributed by atoms with Crippen molar-refractivity contribution in [3.8, 4) is 0 Å². The zero-order valence-corrected chi connectivity index (χ0v) is 3.33. The standard InChI is InChI=1S/C3H2NS/c1-2-5-3-4-1/h1-2H/q-1. The SMILES string of the molecule is [c-]1nccs1. The van der Waals surface area contributed by atoms with E-state index < -0.39 is 0 Å². The molecule has 1 aromatic heterocycles. The van der Waals surface area contributed by atoms with E-state index >= 15 is 0 Å². The van der Waals surface area contributed by atoms with Crippen molar-refractivity contribution in [1.29, 1.82) is 0 Å². The minimum Gasteiger partial charge on any atom is -0.394 e. The van der Waals surface area contributed by atoms with Gasteiger partial charge in [-0.05, 0) is 5.51 Å². The molecule has 0 unspecified atom stereocenters. The molecule has 0 aliphatic rings. The molecule has 0 saturated carbocycles. The Morgan fingerprint density at radius 2 is 2.80 bits per heavy atom. The molecule has 0 aromatic carbocycles. The van der Waals surface area contributed by atoms with Crippen molar-refractivity contribution in [3.05, 3.63) is 17.1 Å². The van der Waals surface area contributed by atoms with Gasteiger partial charge in [0.15, 0.2) is 0 Å². The van der Waals surface area contributed by atoms with Crippen LogP contribution >= 0.6 is 11.3 Å². The van der Waals surface area contributed by atoms with E-state index in [9.17, 15) is 0 Å². The highest BCUT2D eigenvalue weighted by Crippen LogP contribution is 1.84. The molecule has 0 N–H and O–H groups in total. The highest BCUT2D eigenvalue weighted by atomic mass is 32.1. The van der Waals surface area contributed by atoms with Gasteiger partial charge in [-0.3, -0.25) is 11.3 Å². The molecule has 0 fully saturated rings. The summed E-state index contributed by atoms with van der Waals surface area (Å²) < 4.78 is 0. The van der Waals surface area contributed by atoms with Crippen LogP contribution in [0.5, 0.6) is 0 Å². The Labute approximate surface area is 34.3 Å². The lowest BCUT2D eigenvalue weighted by Crippen LogP contribution is -1.39. The van der Waals surface area contributed by atoms with Gasteiger partial charge in [-0.15, -0.1) is 11.6 Å². The summed E-state index contributed by atoms with van der Waals surface area (Å²) in [4.78, 5) is 3.62. The fraction of sp³-hybridized carbons (Fsp3) is 0. The van der Waals surface area contributed by atoms with Crippen molar-refractivity contribution < 1.29 is 0 Å². The van der Waals surface area contributed by atoms with Crippen LogP contribution in [0.2, 0.25) is 0 Å². The summed E-state index contributed by atoms with van der Waals surface area (Å²) in [6, 6.07) is 0. The van der Waals surface area contributed by atoms with E-state index in [1.165, 1.54) is 11.3 Å². The van der Waals surface area contributed by atoms with Gasteiger partial charge >= 0.3 is 0 Å². The van der Waals surface area contributed by atoms with Crippen LogP contribution in [0.1, 0.15) is 0 Å². The number of nitrogens with zero attached hydrogens (tertiary/aromatic N) is 1. The average molecular weight is 84.1 g/mol. The van der Waals surface area contributed by atoms with Crippen LogP contribution in [-0.4, -0.2) is 4.98 Å². The van der Waals surface area contributed by atoms with Crippen molar-refractivity contribution in [3.63, 3.8) is 0 Å². The van der Waals surface area contributed by atoms with Crippen LogP contribution in [0.3, 0.4) is 0 Å². The lowest BCUT2D eigenvalue weighted by molar-refractivity contribution is 1.41. The summed E-state index contributed by atoms with van der Waals surface area (Å²) in [5, 5.41) is 1.88. The Hall–Kier alpha value is -0.370. The molecule has 5 heavy (non-hydrogen) atoms. The second kappa shape index (κ2) is 1.17. The smallest absolute Gasteiger partial charge is 0.0221 e. The quantitative estimate of drug-likeness (QED) is 0.426. The van der Waals surface area contributed by atoms with E-state index in [-0.39, 0.29) is 0 Å². The maximum Gasteiger partial charge on any atom is -0.0221 e. The lowest BCUT2D eigenvalue weighted by Gasteiger charge is -1.54. The summed E-state index contributed by atoms with van der Waals surface area (Å²) >= 11 is 1.48. The molecule has 0 bridgehead atoms. The van der Waals surface area contributed by atoms with Gasteiger partial charge in [0.1, 0.15) is 0 Å². The van der Waals surface area contributed by atoms with Gasteiger partial charge in [0, 0.05) is 0 Å². The van der Waals surface area contributed by atoms with Gasteiger partial charge in [-0.25, -0.2) is 0 Å². The van der Waals surface area contributed by atoms with Gasteiger partial charge in [-0.2, -0.15) is 0 Å². The summed E-state index contributed by atoms with van der Waals surface area (Å²) in [7, 11) is 0. The Kier molecular flexibility index (Phi) is 0.667. The average Bonchev–Trinajstić information content (AvgIpc) is 1.76. The van der Waals surface area contributed by atoms with Crippen molar-refractivity contribution in [1.82, 2.24) is 4.98 Å². The number of aromatic nitrogens is 1. The highest BCUT2D eigenvalue weighted by Gasteiger charge is 1.45. The minimum atomic E-state index is 1.48.